The molecule has 3 saturated heterocycles. The molecule has 2 N–H and O–H groups in total. The van der Waals surface area contributed by atoms with Crippen molar-refractivity contribution in [1.29, 1.82) is 0 Å². The summed E-state index contributed by atoms with van der Waals surface area (Å²) in [5.74, 6) is 2.35. The van der Waals surface area contributed by atoms with Crippen LogP contribution in [0.2, 0.25) is 0 Å². The number of aliphatic hydroxyl groups is 1. The number of rotatable bonds is 2. The first-order valence-electron chi connectivity index (χ1n) is 8.52. The molecule has 4 aliphatic rings. The molecule has 3 aliphatic heterocycles. The lowest BCUT2D eigenvalue weighted by molar-refractivity contribution is 0.0510. The largest absolute Gasteiger partial charge is 0.388 e. The lowest BCUT2D eigenvalue weighted by atomic mass is 9.82. The van der Waals surface area contributed by atoms with Crippen LogP contribution in [0.15, 0.2) is 4.99 Å². The van der Waals surface area contributed by atoms with E-state index >= 15 is 0 Å². The van der Waals surface area contributed by atoms with Gasteiger partial charge in [0.2, 0.25) is 0 Å². The molecule has 0 amide bonds. The van der Waals surface area contributed by atoms with E-state index in [0.717, 1.165) is 44.7 Å². The Bertz CT molecular complexity index is 421. The number of likely N-dealkylation sites (tertiary alicyclic amines) is 1. The molecule has 0 aromatic carbocycles. The molecule has 126 valence electrons. The first-order chi connectivity index (χ1) is 10.2. The fraction of sp³-hybridized carbons (Fsp3) is 0.938. The van der Waals surface area contributed by atoms with E-state index in [9.17, 15) is 5.11 Å². The van der Waals surface area contributed by atoms with Gasteiger partial charge in [0.1, 0.15) is 0 Å². The Kier molecular flexibility index (Phi) is 4.90. The Morgan fingerprint density at radius 1 is 1.23 bits per heavy atom. The van der Waals surface area contributed by atoms with E-state index < -0.39 is 5.60 Å². The fourth-order valence-corrected chi connectivity index (χ4v) is 4.92. The molecule has 22 heavy (non-hydrogen) atoms. The van der Waals surface area contributed by atoms with Crippen molar-refractivity contribution in [2.45, 2.75) is 56.3 Å². The van der Waals surface area contributed by atoms with Gasteiger partial charge in [-0.15, -0.1) is 24.0 Å². The molecule has 0 radical (unpaired) electrons. The second kappa shape index (κ2) is 6.43. The summed E-state index contributed by atoms with van der Waals surface area (Å²) in [6.07, 6.45) is 7.58. The minimum atomic E-state index is -0.520. The standard InChI is InChI=1S/C16H27N3O2.HI/c1-17-15(18-10-16(20)6-2-3-7-16)19-8-11-12(9-19)14-5-4-13(11)21-14;/h11-14,20H,2-10H2,1H3,(H,17,18);1H. The highest BCUT2D eigenvalue weighted by atomic mass is 127. The number of halogens is 1. The van der Waals surface area contributed by atoms with Gasteiger partial charge in [0.05, 0.1) is 17.8 Å². The second-order valence-electron chi connectivity index (χ2n) is 7.36. The summed E-state index contributed by atoms with van der Waals surface area (Å²) in [6.45, 7) is 2.75. The predicted octanol–water partition coefficient (Wildman–Crippen LogP) is 1.59. The van der Waals surface area contributed by atoms with E-state index in [2.05, 4.69) is 15.2 Å². The van der Waals surface area contributed by atoms with Crippen LogP contribution >= 0.6 is 24.0 Å². The molecule has 4 unspecified atom stereocenters. The van der Waals surface area contributed by atoms with Crippen molar-refractivity contribution in [3.8, 4) is 0 Å². The summed E-state index contributed by atoms with van der Waals surface area (Å²) in [5, 5.41) is 13.9. The average molecular weight is 421 g/mol. The van der Waals surface area contributed by atoms with E-state index in [4.69, 9.17) is 4.74 Å². The molecular weight excluding hydrogens is 393 g/mol. The van der Waals surface area contributed by atoms with Gasteiger partial charge in [-0.2, -0.15) is 0 Å². The molecule has 5 nitrogen and oxygen atoms in total. The zero-order valence-corrected chi connectivity index (χ0v) is 15.7. The van der Waals surface area contributed by atoms with Crippen molar-refractivity contribution >= 4 is 29.9 Å². The maximum atomic E-state index is 10.5. The highest BCUT2D eigenvalue weighted by molar-refractivity contribution is 14.0. The second-order valence-corrected chi connectivity index (χ2v) is 7.36. The zero-order chi connectivity index (χ0) is 14.4. The molecule has 4 fully saturated rings. The third-order valence-corrected chi connectivity index (χ3v) is 6.07. The van der Waals surface area contributed by atoms with E-state index in [1.165, 1.54) is 12.8 Å². The van der Waals surface area contributed by atoms with E-state index in [0.29, 0.717) is 30.6 Å². The van der Waals surface area contributed by atoms with Gasteiger partial charge in [0.25, 0.3) is 0 Å². The van der Waals surface area contributed by atoms with E-state index in [1.54, 1.807) is 0 Å². The smallest absolute Gasteiger partial charge is 0.193 e. The van der Waals surface area contributed by atoms with Gasteiger partial charge in [0, 0.05) is 38.5 Å². The number of nitrogens with one attached hydrogen (secondary N) is 1. The number of hydrogen-bond acceptors (Lipinski definition) is 3. The number of aliphatic imine (C=N–C) groups is 1. The van der Waals surface area contributed by atoms with Gasteiger partial charge in [-0.1, -0.05) is 12.8 Å². The summed E-state index contributed by atoms with van der Waals surface area (Å²) in [7, 11) is 1.85. The maximum Gasteiger partial charge on any atom is 0.193 e. The number of ether oxygens (including phenoxy) is 1. The zero-order valence-electron chi connectivity index (χ0n) is 13.3. The molecule has 1 saturated carbocycles. The molecule has 6 heteroatoms. The molecule has 4 rings (SSSR count). The Balaban J connectivity index is 0.00000144. The topological polar surface area (TPSA) is 57.1 Å². The van der Waals surface area contributed by atoms with Crippen LogP contribution in [0.3, 0.4) is 0 Å². The Labute approximate surface area is 149 Å². The van der Waals surface area contributed by atoms with E-state index in [-0.39, 0.29) is 24.0 Å². The lowest BCUT2D eigenvalue weighted by Gasteiger charge is -2.28. The fourth-order valence-electron chi connectivity index (χ4n) is 4.92. The molecule has 4 atom stereocenters. The molecule has 3 heterocycles. The van der Waals surface area contributed by atoms with Crippen LogP contribution in [0.1, 0.15) is 38.5 Å². The van der Waals surface area contributed by atoms with Crippen LogP contribution in [-0.4, -0.2) is 60.5 Å². The third kappa shape index (κ3) is 2.86. The maximum absolute atomic E-state index is 10.5. The summed E-state index contributed by atoms with van der Waals surface area (Å²) in [5.41, 5.74) is -0.520. The number of fused-ring (bicyclic) bond motifs is 5. The molecule has 1 aliphatic carbocycles. The van der Waals surface area contributed by atoms with Crippen molar-refractivity contribution in [2.75, 3.05) is 26.7 Å². The van der Waals surface area contributed by atoms with Gasteiger partial charge in [0.15, 0.2) is 5.96 Å². The van der Waals surface area contributed by atoms with Crippen molar-refractivity contribution in [1.82, 2.24) is 10.2 Å². The van der Waals surface area contributed by atoms with Crippen molar-refractivity contribution in [3.63, 3.8) is 0 Å². The Morgan fingerprint density at radius 2 is 1.82 bits per heavy atom. The molecule has 0 aromatic heterocycles. The van der Waals surface area contributed by atoms with Crippen LogP contribution in [0.25, 0.3) is 0 Å². The summed E-state index contributed by atoms with van der Waals surface area (Å²) in [6, 6.07) is 0. The Hall–Kier alpha value is -0.0800. The predicted molar refractivity (Wildman–Crippen MR) is 96.6 cm³/mol. The normalized spacial score (nSPS) is 39.0. The summed E-state index contributed by atoms with van der Waals surface area (Å²) < 4.78 is 6.03. The van der Waals surface area contributed by atoms with Gasteiger partial charge in [-0.05, 0) is 25.7 Å². The van der Waals surface area contributed by atoms with E-state index in [1.807, 2.05) is 7.05 Å². The molecule has 0 aromatic rings. The highest BCUT2D eigenvalue weighted by Crippen LogP contribution is 2.47. The van der Waals surface area contributed by atoms with Crippen LogP contribution in [0, 0.1) is 11.8 Å². The third-order valence-electron chi connectivity index (χ3n) is 6.07. The summed E-state index contributed by atoms with van der Waals surface area (Å²) >= 11 is 0. The molecular formula is C16H28IN3O2. The molecule has 2 bridgehead atoms. The number of nitrogens with zero attached hydrogens (tertiary/aromatic N) is 2. The van der Waals surface area contributed by atoms with Crippen molar-refractivity contribution in [2.24, 2.45) is 16.8 Å². The van der Waals surface area contributed by atoms with Crippen LogP contribution < -0.4 is 5.32 Å². The monoisotopic (exact) mass is 421 g/mol. The van der Waals surface area contributed by atoms with Crippen LogP contribution in [-0.2, 0) is 4.74 Å². The van der Waals surface area contributed by atoms with Crippen molar-refractivity contribution < 1.29 is 9.84 Å². The average Bonchev–Trinajstić information content (AvgIpc) is 3.20. The van der Waals surface area contributed by atoms with Gasteiger partial charge >= 0.3 is 0 Å². The number of guanidine groups is 1. The molecule has 0 spiro atoms. The number of hydrogen-bond donors (Lipinski definition) is 2. The van der Waals surface area contributed by atoms with Crippen molar-refractivity contribution in [3.05, 3.63) is 0 Å². The highest BCUT2D eigenvalue weighted by Gasteiger charge is 2.53. The van der Waals surface area contributed by atoms with Crippen LogP contribution in [0.4, 0.5) is 0 Å². The van der Waals surface area contributed by atoms with Crippen LogP contribution in [0.5, 0.6) is 0 Å². The first-order valence-corrected chi connectivity index (χ1v) is 8.52. The van der Waals surface area contributed by atoms with Gasteiger partial charge in [-0.3, -0.25) is 4.99 Å². The summed E-state index contributed by atoms with van der Waals surface area (Å²) in [4.78, 5) is 6.82. The quantitative estimate of drug-likeness (QED) is 0.404. The minimum absolute atomic E-state index is 0. The Morgan fingerprint density at radius 3 is 2.36 bits per heavy atom. The lowest BCUT2D eigenvalue weighted by Crippen LogP contribution is -2.47. The first kappa shape index (κ1) is 16.8. The SMILES string of the molecule is CN=C(NCC1(O)CCCC1)N1CC2C3CCC(O3)C2C1.I. The van der Waals surface area contributed by atoms with Gasteiger partial charge in [-0.25, -0.2) is 0 Å². The minimum Gasteiger partial charge on any atom is -0.388 e. The van der Waals surface area contributed by atoms with Gasteiger partial charge < -0.3 is 20.1 Å².